The Morgan fingerprint density at radius 2 is 1.17 bits per heavy atom. The largest absolute Gasteiger partial charge is 0.377 e. The topological polar surface area (TPSA) is 30.9 Å². The van der Waals surface area contributed by atoms with Crippen LogP contribution < -0.4 is 4.90 Å². The van der Waals surface area contributed by atoms with Gasteiger partial charge in [0.05, 0.1) is 39.6 Å². The normalized spacial score (nSPS) is 19.9. The van der Waals surface area contributed by atoms with Gasteiger partial charge >= 0.3 is 0 Å². The maximum Gasteiger partial charge on any atom is 0.0701 e. The highest BCUT2D eigenvalue weighted by Gasteiger charge is 2.06. The van der Waals surface area contributed by atoms with Crippen LogP contribution in [0.5, 0.6) is 0 Å². The second kappa shape index (κ2) is 8.08. The third-order valence-corrected chi connectivity index (χ3v) is 2.88. The Bertz CT molecular complexity index is 306. The molecule has 0 N–H and O–H groups in total. The van der Waals surface area contributed by atoms with Crippen molar-refractivity contribution in [1.29, 1.82) is 0 Å². The molecule has 1 fully saturated rings. The standard InChI is InChI=1S/C14H21NO3/c1-2-4-14(5-3-1)15-6-8-16-10-12-18-13-11-17-9-7-15/h1-5H,6-13H2. The maximum absolute atomic E-state index is 5.55. The van der Waals surface area contributed by atoms with Crippen LogP contribution in [0.4, 0.5) is 5.69 Å². The molecule has 0 atom stereocenters. The summed E-state index contributed by atoms with van der Waals surface area (Å²) in [6.07, 6.45) is 0. The lowest BCUT2D eigenvalue weighted by atomic mass is 10.3. The van der Waals surface area contributed by atoms with Crippen LogP contribution in [0.2, 0.25) is 0 Å². The van der Waals surface area contributed by atoms with E-state index in [0.29, 0.717) is 26.4 Å². The predicted octanol–water partition coefficient (Wildman–Crippen LogP) is 1.56. The highest BCUT2D eigenvalue weighted by molar-refractivity contribution is 5.45. The summed E-state index contributed by atoms with van der Waals surface area (Å²) in [5.41, 5.74) is 1.22. The first kappa shape index (κ1) is 13.3. The molecule has 0 saturated carbocycles. The van der Waals surface area contributed by atoms with Crippen molar-refractivity contribution in [1.82, 2.24) is 0 Å². The van der Waals surface area contributed by atoms with Crippen molar-refractivity contribution in [3.8, 4) is 0 Å². The molecule has 0 radical (unpaired) electrons. The Morgan fingerprint density at radius 1 is 0.667 bits per heavy atom. The second-order valence-electron chi connectivity index (χ2n) is 4.16. The highest BCUT2D eigenvalue weighted by Crippen LogP contribution is 2.12. The first-order chi connectivity index (χ1) is 8.97. The van der Waals surface area contributed by atoms with E-state index in [1.54, 1.807) is 0 Å². The van der Waals surface area contributed by atoms with E-state index < -0.39 is 0 Å². The van der Waals surface area contributed by atoms with E-state index in [2.05, 4.69) is 29.2 Å². The summed E-state index contributed by atoms with van der Waals surface area (Å²) in [4.78, 5) is 2.29. The Morgan fingerprint density at radius 3 is 1.72 bits per heavy atom. The quantitative estimate of drug-likeness (QED) is 0.758. The molecule has 0 aliphatic carbocycles. The van der Waals surface area contributed by atoms with Crippen molar-refractivity contribution in [3.05, 3.63) is 30.3 Å². The summed E-state index contributed by atoms with van der Waals surface area (Å²) in [6, 6.07) is 10.4. The molecule has 1 saturated heterocycles. The second-order valence-corrected chi connectivity index (χ2v) is 4.16. The molecule has 2 rings (SSSR count). The highest BCUT2D eigenvalue weighted by atomic mass is 16.5. The van der Waals surface area contributed by atoms with Crippen LogP contribution in [0, 0.1) is 0 Å². The van der Waals surface area contributed by atoms with Crippen LogP contribution in [-0.2, 0) is 14.2 Å². The summed E-state index contributed by atoms with van der Waals surface area (Å²) in [7, 11) is 0. The van der Waals surface area contributed by atoms with Gasteiger partial charge < -0.3 is 19.1 Å². The number of hydrogen-bond acceptors (Lipinski definition) is 4. The zero-order valence-corrected chi connectivity index (χ0v) is 10.7. The number of rotatable bonds is 1. The third-order valence-electron chi connectivity index (χ3n) is 2.88. The van der Waals surface area contributed by atoms with Gasteiger partial charge in [0.25, 0.3) is 0 Å². The molecule has 0 bridgehead atoms. The first-order valence-corrected chi connectivity index (χ1v) is 6.50. The van der Waals surface area contributed by atoms with Crippen LogP contribution in [-0.4, -0.2) is 52.7 Å². The van der Waals surface area contributed by atoms with Crippen molar-refractivity contribution in [2.75, 3.05) is 57.6 Å². The van der Waals surface area contributed by atoms with Gasteiger partial charge in [-0.2, -0.15) is 0 Å². The van der Waals surface area contributed by atoms with Gasteiger partial charge in [-0.3, -0.25) is 0 Å². The number of benzene rings is 1. The number of hydrogen-bond donors (Lipinski definition) is 0. The van der Waals surface area contributed by atoms with E-state index in [9.17, 15) is 0 Å². The van der Waals surface area contributed by atoms with Gasteiger partial charge in [-0.25, -0.2) is 0 Å². The molecule has 1 aliphatic heterocycles. The summed E-state index contributed by atoms with van der Waals surface area (Å²) in [6.45, 7) is 5.81. The zero-order valence-electron chi connectivity index (χ0n) is 10.7. The van der Waals surface area contributed by atoms with E-state index in [1.807, 2.05) is 6.07 Å². The summed E-state index contributed by atoms with van der Waals surface area (Å²) >= 11 is 0. The van der Waals surface area contributed by atoms with Crippen LogP contribution in [0.25, 0.3) is 0 Å². The Balaban J connectivity index is 1.89. The monoisotopic (exact) mass is 251 g/mol. The fraction of sp³-hybridized carbons (Fsp3) is 0.571. The lowest BCUT2D eigenvalue weighted by Gasteiger charge is -2.25. The minimum absolute atomic E-state index is 0.648. The molecular weight excluding hydrogens is 230 g/mol. The number of para-hydroxylation sites is 1. The zero-order chi connectivity index (χ0) is 12.5. The molecule has 1 heterocycles. The van der Waals surface area contributed by atoms with Gasteiger partial charge in [-0.05, 0) is 12.1 Å². The van der Waals surface area contributed by atoms with Crippen LogP contribution in [0.1, 0.15) is 0 Å². The lowest BCUT2D eigenvalue weighted by molar-refractivity contribution is 0.0126. The minimum Gasteiger partial charge on any atom is -0.377 e. The van der Waals surface area contributed by atoms with Gasteiger partial charge in [0.15, 0.2) is 0 Å². The molecule has 0 aromatic heterocycles. The fourth-order valence-corrected chi connectivity index (χ4v) is 1.90. The molecule has 0 unspecified atom stereocenters. The average Bonchev–Trinajstić information content (AvgIpc) is 2.40. The molecule has 18 heavy (non-hydrogen) atoms. The lowest BCUT2D eigenvalue weighted by Crippen LogP contribution is -2.32. The molecule has 0 spiro atoms. The van der Waals surface area contributed by atoms with E-state index in [1.165, 1.54) is 5.69 Å². The maximum atomic E-state index is 5.55. The molecule has 100 valence electrons. The first-order valence-electron chi connectivity index (χ1n) is 6.50. The molecule has 1 aromatic rings. The van der Waals surface area contributed by atoms with E-state index in [0.717, 1.165) is 26.3 Å². The average molecular weight is 251 g/mol. The van der Waals surface area contributed by atoms with Crippen molar-refractivity contribution < 1.29 is 14.2 Å². The number of ether oxygens (including phenoxy) is 3. The molecular formula is C14H21NO3. The van der Waals surface area contributed by atoms with Crippen molar-refractivity contribution in [2.24, 2.45) is 0 Å². The Kier molecular flexibility index (Phi) is 5.99. The van der Waals surface area contributed by atoms with E-state index in [4.69, 9.17) is 14.2 Å². The summed E-state index contributed by atoms with van der Waals surface area (Å²) in [5, 5.41) is 0. The molecule has 0 amide bonds. The molecule has 1 aliphatic rings. The summed E-state index contributed by atoms with van der Waals surface area (Å²) in [5.74, 6) is 0. The number of anilines is 1. The van der Waals surface area contributed by atoms with Crippen molar-refractivity contribution in [3.63, 3.8) is 0 Å². The predicted molar refractivity (Wildman–Crippen MR) is 71.1 cm³/mol. The van der Waals surface area contributed by atoms with E-state index in [-0.39, 0.29) is 0 Å². The van der Waals surface area contributed by atoms with Gasteiger partial charge in [0.1, 0.15) is 0 Å². The SMILES string of the molecule is c1ccc(N2CCOCCOCCOCC2)cc1. The van der Waals surface area contributed by atoms with Crippen LogP contribution in [0.15, 0.2) is 30.3 Å². The Hall–Kier alpha value is -1.10. The van der Waals surface area contributed by atoms with Crippen LogP contribution >= 0.6 is 0 Å². The van der Waals surface area contributed by atoms with Crippen LogP contribution in [0.3, 0.4) is 0 Å². The van der Waals surface area contributed by atoms with E-state index >= 15 is 0 Å². The smallest absolute Gasteiger partial charge is 0.0701 e. The third kappa shape index (κ3) is 4.64. The van der Waals surface area contributed by atoms with Crippen molar-refractivity contribution >= 4 is 5.69 Å². The summed E-state index contributed by atoms with van der Waals surface area (Å²) < 4.78 is 16.5. The minimum atomic E-state index is 0.648. The molecule has 4 nitrogen and oxygen atoms in total. The van der Waals surface area contributed by atoms with Gasteiger partial charge in [0.2, 0.25) is 0 Å². The molecule has 4 heteroatoms. The number of nitrogens with zero attached hydrogens (tertiary/aromatic N) is 1. The van der Waals surface area contributed by atoms with Crippen molar-refractivity contribution in [2.45, 2.75) is 0 Å². The van der Waals surface area contributed by atoms with Gasteiger partial charge in [0, 0.05) is 18.8 Å². The van der Waals surface area contributed by atoms with Gasteiger partial charge in [-0.15, -0.1) is 0 Å². The van der Waals surface area contributed by atoms with Gasteiger partial charge in [-0.1, -0.05) is 18.2 Å². The molecule has 1 aromatic carbocycles. The fourth-order valence-electron chi connectivity index (χ4n) is 1.90. The Labute approximate surface area is 108 Å².